The second kappa shape index (κ2) is 3.93. The molecule has 3 rings (SSSR count). The summed E-state index contributed by atoms with van der Waals surface area (Å²) in [6.45, 7) is 9.65. The van der Waals surface area contributed by atoms with Crippen molar-refractivity contribution >= 4 is 5.97 Å². The molecular weight excluding hydrogens is 260 g/mol. The van der Waals surface area contributed by atoms with Crippen LogP contribution in [-0.2, 0) is 14.4 Å². The Balaban J connectivity index is 2.18. The number of carbonyl (C=O) groups excluding carboxylic acids is 1. The monoisotopic (exact) mass is 280 g/mol. The van der Waals surface area contributed by atoms with Gasteiger partial charge in [0.25, 0.3) is 0 Å². The Morgan fingerprint density at radius 2 is 2.05 bits per heavy atom. The minimum absolute atomic E-state index is 0.0411. The van der Waals surface area contributed by atoms with Crippen LogP contribution in [0, 0.1) is 5.41 Å². The molecule has 0 aromatic heterocycles. The second-order valence-corrected chi connectivity index (χ2v) is 6.53. The van der Waals surface area contributed by atoms with E-state index in [4.69, 9.17) is 9.62 Å². The van der Waals surface area contributed by atoms with Crippen LogP contribution in [0.15, 0.2) is 24.3 Å². The van der Waals surface area contributed by atoms with Crippen molar-refractivity contribution in [3.05, 3.63) is 24.3 Å². The maximum absolute atomic E-state index is 11.8. The Hall–Kier alpha value is -1.17. The van der Waals surface area contributed by atoms with Crippen molar-refractivity contribution in [1.29, 1.82) is 0 Å². The van der Waals surface area contributed by atoms with Crippen molar-refractivity contribution < 1.29 is 24.8 Å². The molecule has 2 saturated carbocycles. The molecule has 5 heteroatoms. The van der Waals surface area contributed by atoms with Crippen LogP contribution in [0.2, 0.25) is 0 Å². The van der Waals surface area contributed by atoms with E-state index in [1.165, 1.54) is 0 Å². The van der Waals surface area contributed by atoms with Gasteiger partial charge in [0.1, 0.15) is 5.60 Å². The van der Waals surface area contributed by atoms with E-state index in [0.29, 0.717) is 24.8 Å². The Morgan fingerprint density at radius 1 is 1.35 bits per heavy atom. The fourth-order valence-electron chi connectivity index (χ4n) is 4.30. The summed E-state index contributed by atoms with van der Waals surface area (Å²) in [6.07, 6.45) is 2.44. The highest BCUT2D eigenvalue weighted by Gasteiger charge is 2.72. The van der Waals surface area contributed by atoms with Crippen LogP contribution >= 0.6 is 0 Å². The molecule has 0 bridgehead atoms. The van der Waals surface area contributed by atoms with E-state index in [9.17, 15) is 15.2 Å². The van der Waals surface area contributed by atoms with Gasteiger partial charge in [0, 0.05) is 5.41 Å². The van der Waals surface area contributed by atoms with Crippen molar-refractivity contribution in [3.8, 4) is 0 Å². The van der Waals surface area contributed by atoms with Crippen LogP contribution < -0.4 is 0 Å². The first-order chi connectivity index (χ1) is 9.32. The van der Waals surface area contributed by atoms with Gasteiger partial charge >= 0.3 is 5.97 Å². The first-order valence-electron chi connectivity index (χ1n) is 6.95. The van der Waals surface area contributed by atoms with E-state index < -0.39 is 28.7 Å². The number of fused-ring (bicyclic) bond motifs is 3. The SMILES string of the molecule is C=C1C(=O)O[C@@H]2C1(O)CC[C@@]1(C)CCCC(=C)[C@]21OO. The fourth-order valence-corrected chi connectivity index (χ4v) is 4.30. The zero-order valence-electron chi connectivity index (χ0n) is 11.6. The van der Waals surface area contributed by atoms with Crippen LogP contribution in [0.3, 0.4) is 0 Å². The number of hydrogen-bond donors (Lipinski definition) is 2. The summed E-state index contributed by atoms with van der Waals surface area (Å²) in [5.74, 6) is -0.628. The Morgan fingerprint density at radius 3 is 2.70 bits per heavy atom. The number of esters is 1. The predicted octanol–water partition coefficient (Wildman–Crippen LogP) is 1.97. The maximum Gasteiger partial charge on any atom is 0.337 e. The van der Waals surface area contributed by atoms with Gasteiger partial charge in [-0.15, -0.1) is 0 Å². The van der Waals surface area contributed by atoms with Gasteiger partial charge < -0.3 is 9.84 Å². The molecule has 2 aliphatic carbocycles. The molecule has 1 heterocycles. The highest BCUT2D eigenvalue weighted by atomic mass is 17.1. The summed E-state index contributed by atoms with van der Waals surface area (Å²) in [5.41, 5.74) is -2.45. The highest BCUT2D eigenvalue weighted by Crippen LogP contribution is 2.62. The Labute approximate surface area is 117 Å². The molecule has 1 saturated heterocycles. The lowest BCUT2D eigenvalue weighted by atomic mass is 9.51. The molecule has 0 aromatic rings. The second-order valence-electron chi connectivity index (χ2n) is 6.53. The van der Waals surface area contributed by atoms with Crippen LogP contribution in [-0.4, -0.2) is 33.6 Å². The Kier molecular flexibility index (Phi) is 2.71. The van der Waals surface area contributed by atoms with E-state index in [-0.39, 0.29) is 5.57 Å². The number of rotatable bonds is 1. The number of aliphatic hydroxyl groups is 1. The number of carbonyl (C=O) groups is 1. The van der Waals surface area contributed by atoms with Gasteiger partial charge in [-0.05, 0) is 37.7 Å². The van der Waals surface area contributed by atoms with Crippen molar-refractivity contribution in [1.82, 2.24) is 0 Å². The summed E-state index contributed by atoms with van der Waals surface area (Å²) in [4.78, 5) is 16.7. The molecular formula is C15H20O5. The zero-order chi connectivity index (χ0) is 14.8. The zero-order valence-corrected chi connectivity index (χ0v) is 11.6. The summed E-state index contributed by atoms with van der Waals surface area (Å²) in [5, 5.41) is 20.5. The first-order valence-corrected chi connectivity index (χ1v) is 6.95. The average Bonchev–Trinajstić information content (AvgIpc) is 2.64. The van der Waals surface area contributed by atoms with Crippen LogP contribution in [0.1, 0.15) is 39.0 Å². The van der Waals surface area contributed by atoms with E-state index in [0.717, 1.165) is 12.8 Å². The molecule has 1 unspecified atom stereocenters. The summed E-state index contributed by atoms with van der Waals surface area (Å²) in [6, 6.07) is 0. The van der Waals surface area contributed by atoms with Crippen molar-refractivity contribution in [2.45, 2.75) is 56.3 Å². The molecule has 0 aromatic carbocycles. The van der Waals surface area contributed by atoms with E-state index in [1.807, 2.05) is 6.92 Å². The molecule has 0 radical (unpaired) electrons. The lowest BCUT2D eigenvalue weighted by Crippen LogP contribution is -2.69. The minimum Gasteiger partial charge on any atom is -0.452 e. The predicted molar refractivity (Wildman–Crippen MR) is 70.7 cm³/mol. The van der Waals surface area contributed by atoms with Gasteiger partial charge in [0.15, 0.2) is 11.7 Å². The quantitative estimate of drug-likeness (QED) is 0.252. The molecule has 1 aliphatic heterocycles. The highest BCUT2D eigenvalue weighted by molar-refractivity contribution is 5.93. The van der Waals surface area contributed by atoms with Crippen LogP contribution in [0.5, 0.6) is 0 Å². The summed E-state index contributed by atoms with van der Waals surface area (Å²) >= 11 is 0. The average molecular weight is 280 g/mol. The molecule has 5 nitrogen and oxygen atoms in total. The largest absolute Gasteiger partial charge is 0.452 e. The van der Waals surface area contributed by atoms with Gasteiger partial charge in [-0.25, -0.2) is 9.68 Å². The lowest BCUT2D eigenvalue weighted by Gasteiger charge is -2.58. The summed E-state index contributed by atoms with van der Waals surface area (Å²) < 4.78 is 5.35. The van der Waals surface area contributed by atoms with E-state index in [1.54, 1.807) is 0 Å². The van der Waals surface area contributed by atoms with Gasteiger partial charge in [0.2, 0.25) is 0 Å². The summed E-state index contributed by atoms with van der Waals surface area (Å²) in [7, 11) is 0. The van der Waals surface area contributed by atoms with Crippen molar-refractivity contribution in [3.63, 3.8) is 0 Å². The molecule has 20 heavy (non-hydrogen) atoms. The molecule has 0 amide bonds. The smallest absolute Gasteiger partial charge is 0.337 e. The Bertz CT molecular complexity index is 512. The molecule has 4 atom stereocenters. The third-order valence-electron chi connectivity index (χ3n) is 5.63. The molecule has 3 aliphatic rings. The first kappa shape index (κ1) is 13.8. The molecule has 110 valence electrons. The van der Waals surface area contributed by atoms with Gasteiger partial charge in [0.05, 0.1) is 5.57 Å². The third-order valence-corrected chi connectivity index (χ3v) is 5.63. The van der Waals surface area contributed by atoms with E-state index in [2.05, 4.69) is 13.2 Å². The number of hydrogen-bond acceptors (Lipinski definition) is 5. The number of ether oxygens (including phenoxy) is 1. The fraction of sp³-hybridized carbons (Fsp3) is 0.667. The van der Waals surface area contributed by atoms with Crippen LogP contribution in [0.4, 0.5) is 0 Å². The normalized spacial score (nSPS) is 47.8. The van der Waals surface area contributed by atoms with E-state index >= 15 is 0 Å². The third kappa shape index (κ3) is 1.31. The topological polar surface area (TPSA) is 76.0 Å². The van der Waals surface area contributed by atoms with Crippen molar-refractivity contribution in [2.75, 3.05) is 0 Å². The standard InChI is InChI=1S/C15H20O5/c1-9-5-4-6-13(3)7-8-14(17)10(2)11(16)19-12(14)15(9,13)20-18/h12,17-18H,1-2,4-8H2,3H3/t12-,13-,14?,15+/m1/s1. The van der Waals surface area contributed by atoms with Gasteiger partial charge in [-0.2, -0.15) is 0 Å². The lowest BCUT2D eigenvalue weighted by molar-refractivity contribution is -0.383. The maximum atomic E-state index is 11.8. The minimum atomic E-state index is -1.49. The molecule has 3 fully saturated rings. The van der Waals surface area contributed by atoms with Gasteiger partial charge in [-0.1, -0.05) is 20.1 Å². The molecule has 0 spiro atoms. The van der Waals surface area contributed by atoms with Crippen LogP contribution in [0.25, 0.3) is 0 Å². The molecule has 2 N–H and O–H groups in total. The van der Waals surface area contributed by atoms with Crippen molar-refractivity contribution in [2.24, 2.45) is 5.41 Å². The van der Waals surface area contributed by atoms with Gasteiger partial charge in [-0.3, -0.25) is 5.26 Å².